The van der Waals surface area contributed by atoms with Crippen molar-refractivity contribution in [1.82, 2.24) is 4.57 Å². The van der Waals surface area contributed by atoms with Crippen molar-refractivity contribution >= 4 is 33.6 Å². The van der Waals surface area contributed by atoms with E-state index in [9.17, 15) is 27.9 Å². The Labute approximate surface area is 211 Å². The van der Waals surface area contributed by atoms with Crippen molar-refractivity contribution in [2.45, 2.75) is 22.5 Å². The third-order valence-corrected chi connectivity index (χ3v) is 7.02. The maximum Gasteiger partial charge on any atom is 0.417 e. The van der Waals surface area contributed by atoms with E-state index in [1.54, 1.807) is 48.5 Å². The standard InChI is InChI=1S/C27H18F3NO5S/c1-35-19-12-6-2-8-15(19)14-31-18-11-5-3-9-16(18)23-21(25(31)33)22(32)24(26(34)36-23)37-20-13-7-4-10-17(20)27(28,29)30/h2-13,32H,14H2,1H3. The zero-order valence-corrected chi connectivity index (χ0v) is 20.0. The smallest absolute Gasteiger partial charge is 0.417 e. The molecule has 0 aliphatic carbocycles. The summed E-state index contributed by atoms with van der Waals surface area (Å²) in [5, 5.41) is 11.2. The number of hydrogen-bond acceptors (Lipinski definition) is 6. The lowest BCUT2D eigenvalue weighted by atomic mass is 10.1. The molecule has 0 amide bonds. The monoisotopic (exact) mass is 525 g/mol. The Balaban J connectivity index is 1.77. The summed E-state index contributed by atoms with van der Waals surface area (Å²) in [6.45, 7) is 0.0667. The molecule has 0 aliphatic heterocycles. The SMILES string of the molecule is COc1ccccc1Cn1c(=O)c2c(O)c(Sc3ccccc3C(F)(F)F)c(=O)oc2c2ccccc21. The van der Waals surface area contributed by atoms with Gasteiger partial charge in [0.2, 0.25) is 0 Å². The first kappa shape index (κ1) is 24.5. The third kappa shape index (κ3) is 4.33. The molecule has 5 rings (SSSR count). The van der Waals surface area contributed by atoms with Gasteiger partial charge in [0.25, 0.3) is 5.56 Å². The molecule has 0 fully saturated rings. The van der Waals surface area contributed by atoms with Gasteiger partial charge in [0, 0.05) is 15.8 Å². The number of pyridine rings is 1. The molecule has 188 valence electrons. The summed E-state index contributed by atoms with van der Waals surface area (Å²) >= 11 is 0.395. The highest BCUT2D eigenvalue weighted by molar-refractivity contribution is 7.99. The minimum Gasteiger partial charge on any atom is -0.505 e. The molecule has 10 heteroatoms. The Bertz CT molecular complexity index is 1780. The van der Waals surface area contributed by atoms with Gasteiger partial charge in [-0.2, -0.15) is 13.2 Å². The van der Waals surface area contributed by atoms with Crippen LogP contribution < -0.4 is 15.9 Å². The number of ether oxygens (including phenoxy) is 1. The van der Waals surface area contributed by atoms with Gasteiger partial charge in [-0.15, -0.1) is 0 Å². The van der Waals surface area contributed by atoms with Crippen LogP contribution in [0.2, 0.25) is 0 Å². The average molecular weight is 526 g/mol. The minimum atomic E-state index is -4.69. The molecule has 0 saturated heterocycles. The maximum absolute atomic E-state index is 13.7. The van der Waals surface area contributed by atoms with E-state index < -0.39 is 33.6 Å². The van der Waals surface area contributed by atoms with Crippen LogP contribution >= 0.6 is 11.8 Å². The summed E-state index contributed by atoms with van der Waals surface area (Å²) in [6.07, 6.45) is -4.69. The first-order valence-electron chi connectivity index (χ1n) is 11.0. The molecule has 0 radical (unpaired) electrons. The topological polar surface area (TPSA) is 81.7 Å². The fourth-order valence-electron chi connectivity index (χ4n) is 4.19. The van der Waals surface area contributed by atoms with Crippen LogP contribution in [0, 0.1) is 0 Å². The average Bonchev–Trinajstić information content (AvgIpc) is 2.88. The van der Waals surface area contributed by atoms with Crippen LogP contribution in [-0.2, 0) is 12.7 Å². The second kappa shape index (κ2) is 9.36. The largest absolute Gasteiger partial charge is 0.505 e. The molecular formula is C27H18F3NO5S. The number of nitrogens with zero attached hydrogens (tertiary/aromatic N) is 1. The number of rotatable bonds is 5. The van der Waals surface area contributed by atoms with Crippen molar-refractivity contribution in [3.8, 4) is 11.5 Å². The molecule has 2 heterocycles. The summed E-state index contributed by atoms with van der Waals surface area (Å²) in [6, 6.07) is 18.4. The first-order chi connectivity index (χ1) is 17.7. The van der Waals surface area contributed by atoms with E-state index in [4.69, 9.17) is 9.15 Å². The van der Waals surface area contributed by atoms with Crippen molar-refractivity contribution < 1.29 is 27.4 Å². The molecular weight excluding hydrogens is 507 g/mol. The van der Waals surface area contributed by atoms with Gasteiger partial charge in [-0.05, 0) is 30.3 Å². The molecule has 0 bridgehead atoms. The van der Waals surface area contributed by atoms with Gasteiger partial charge in [0.1, 0.15) is 16.0 Å². The van der Waals surface area contributed by atoms with Crippen LogP contribution in [0.5, 0.6) is 11.5 Å². The van der Waals surface area contributed by atoms with E-state index in [0.717, 1.165) is 6.07 Å². The Kier molecular flexibility index (Phi) is 6.20. The van der Waals surface area contributed by atoms with Gasteiger partial charge in [-0.3, -0.25) is 4.79 Å². The lowest BCUT2D eigenvalue weighted by Gasteiger charge is -2.16. The van der Waals surface area contributed by atoms with E-state index in [1.807, 2.05) is 0 Å². The van der Waals surface area contributed by atoms with Gasteiger partial charge in [0.15, 0.2) is 11.3 Å². The van der Waals surface area contributed by atoms with Crippen LogP contribution in [0.3, 0.4) is 0 Å². The van der Waals surface area contributed by atoms with Crippen molar-refractivity contribution in [2.24, 2.45) is 0 Å². The van der Waals surface area contributed by atoms with Gasteiger partial charge >= 0.3 is 11.8 Å². The first-order valence-corrected chi connectivity index (χ1v) is 11.8. The zero-order valence-electron chi connectivity index (χ0n) is 19.2. The number of para-hydroxylation sites is 2. The van der Waals surface area contributed by atoms with Crippen molar-refractivity contribution in [1.29, 1.82) is 0 Å². The Morgan fingerprint density at radius 3 is 2.41 bits per heavy atom. The lowest BCUT2D eigenvalue weighted by molar-refractivity contribution is -0.139. The van der Waals surface area contributed by atoms with Crippen LogP contribution in [-0.4, -0.2) is 16.8 Å². The Morgan fingerprint density at radius 2 is 1.65 bits per heavy atom. The van der Waals surface area contributed by atoms with Gasteiger partial charge in [-0.25, -0.2) is 4.79 Å². The minimum absolute atomic E-state index is 0.0667. The number of alkyl halides is 3. The predicted molar refractivity (Wildman–Crippen MR) is 134 cm³/mol. The highest BCUT2D eigenvalue weighted by Crippen LogP contribution is 2.42. The highest BCUT2D eigenvalue weighted by Gasteiger charge is 2.34. The molecule has 0 aliphatic rings. The number of aromatic nitrogens is 1. The number of aromatic hydroxyl groups is 1. The Morgan fingerprint density at radius 1 is 0.973 bits per heavy atom. The maximum atomic E-state index is 13.7. The summed E-state index contributed by atoms with van der Waals surface area (Å²) < 4.78 is 52.8. The molecule has 0 atom stereocenters. The predicted octanol–water partition coefficient (Wildman–Crippen LogP) is 6.04. The third-order valence-electron chi connectivity index (χ3n) is 5.88. The number of benzene rings is 3. The Hall–Kier alpha value is -4.18. The number of fused-ring (bicyclic) bond motifs is 3. The zero-order chi connectivity index (χ0) is 26.3. The van der Waals surface area contributed by atoms with Crippen LogP contribution in [0.1, 0.15) is 11.1 Å². The second-order valence-electron chi connectivity index (χ2n) is 8.09. The van der Waals surface area contributed by atoms with Gasteiger partial charge in [0.05, 0.1) is 24.7 Å². The molecule has 6 nitrogen and oxygen atoms in total. The molecule has 5 aromatic rings. The van der Waals surface area contributed by atoms with Crippen LogP contribution in [0.25, 0.3) is 21.9 Å². The number of halogens is 3. The summed E-state index contributed by atoms with van der Waals surface area (Å²) in [7, 11) is 1.50. The van der Waals surface area contributed by atoms with Crippen LogP contribution in [0.4, 0.5) is 13.2 Å². The van der Waals surface area contributed by atoms with Gasteiger partial charge in [-0.1, -0.05) is 54.2 Å². The van der Waals surface area contributed by atoms with Crippen molar-refractivity contribution in [3.63, 3.8) is 0 Å². The molecule has 0 unspecified atom stereocenters. The molecule has 2 aromatic heterocycles. The molecule has 1 N–H and O–H groups in total. The van der Waals surface area contributed by atoms with E-state index in [-0.39, 0.29) is 22.4 Å². The van der Waals surface area contributed by atoms with E-state index in [0.29, 0.717) is 34.0 Å². The van der Waals surface area contributed by atoms with Gasteiger partial charge < -0.3 is 18.8 Å². The van der Waals surface area contributed by atoms with Crippen molar-refractivity contribution in [3.05, 3.63) is 105 Å². The van der Waals surface area contributed by atoms with E-state index in [2.05, 4.69) is 0 Å². The fraction of sp³-hybridized carbons (Fsp3) is 0.111. The molecule has 3 aromatic carbocycles. The van der Waals surface area contributed by atoms with Crippen molar-refractivity contribution in [2.75, 3.05) is 7.11 Å². The summed E-state index contributed by atoms with van der Waals surface area (Å²) in [5.41, 5.74) is -1.73. The normalized spacial score (nSPS) is 11.8. The summed E-state index contributed by atoms with van der Waals surface area (Å²) in [5.74, 6) is -0.194. The van der Waals surface area contributed by atoms with E-state index >= 15 is 0 Å². The highest BCUT2D eigenvalue weighted by atomic mass is 32.2. The molecule has 0 saturated carbocycles. The summed E-state index contributed by atoms with van der Waals surface area (Å²) in [4.78, 5) is 25.8. The number of hydrogen-bond donors (Lipinski definition) is 1. The molecule has 37 heavy (non-hydrogen) atoms. The van der Waals surface area contributed by atoms with Crippen LogP contribution in [0.15, 0.2) is 96.6 Å². The lowest BCUT2D eigenvalue weighted by Crippen LogP contribution is -2.23. The van der Waals surface area contributed by atoms with E-state index in [1.165, 1.54) is 29.9 Å². The quantitative estimate of drug-likeness (QED) is 0.282. The molecule has 0 spiro atoms. The fourth-order valence-corrected chi connectivity index (χ4v) is 5.18. The number of methoxy groups -OCH3 is 1. The second-order valence-corrected chi connectivity index (χ2v) is 9.14.